The standard InChI is InChI=1S/C14H11F3N2O2/c1-21-11-5-3-2-4-10(11)13(20)19-12-8-9(6-7-18-12)14(15,16)17/h2-8H,1H3,(H,18,19,20). The predicted molar refractivity (Wildman–Crippen MR) is 70.2 cm³/mol. The summed E-state index contributed by atoms with van der Waals surface area (Å²) in [7, 11) is 1.40. The summed E-state index contributed by atoms with van der Waals surface area (Å²) in [6.07, 6.45) is -3.51. The second-order valence-electron chi connectivity index (χ2n) is 4.08. The van der Waals surface area contributed by atoms with E-state index in [1.54, 1.807) is 18.2 Å². The molecule has 0 aliphatic rings. The number of ether oxygens (including phenoxy) is 1. The molecule has 1 heterocycles. The Morgan fingerprint density at radius 3 is 2.62 bits per heavy atom. The van der Waals surface area contributed by atoms with E-state index in [1.807, 2.05) is 0 Å². The smallest absolute Gasteiger partial charge is 0.416 e. The number of aromatic nitrogens is 1. The van der Waals surface area contributed by atoms with Crippen molar-refractivity contribution in [2.75, 3.05) is 12.4 Å². The van der Waals surface area contributed by atoms with Gasteiger partial charge >= 0.3 is 6.18 Å². The van der Waals surface area contributed by atoms with Crippen molar-refractivity contribution in [2.24, 2.45) is 0 Å². The van der Waals surface area contributed by atoms with Crippen molar-refractivity contribution < 1.29 is 22.7 Å². The Hall–Kier alpha value is -2.57. The summed E-state index contributed by atoms with van der Waals surface area (Å²) in [6.45, 7) is 0. The molecule has 0 spiro atoms. The van der Waals surface area contributed by atoms with Gasteiger partial charge in [0.2, 0.25) is 0 Å². The third kappa shape index (κ3) is 3.50. The van der Waals surface area contributed by atoms with Crippen molar-refractivity contribution in [3.05, 3.63) is 53.7 Å². The number of hydrogen-bond acceptors (Lipinski definition) is 3. The van der Waals surface area contributed by atoms with Crippen LogP contribution in [0.4, 0.5) is 19.0 Å². The minimum absolute atomic E-state index is 0.180. The summed E-state index contributed by atoms with van der Waals surface area (Å²) in [5.41, 5.74) is -0.674. The zero-order valence-corrected chi connectivity index (χ0v) is 10.9. The van der Waals surface area contributed by atoms with Crippen molar-refractivity contribution in [1.29, 1.82) is 0 Å². The Balaban J connectivity index is 2.24. The molecule has 1 aromatic heterocycles. The van der Waals surface area contributed by atoms with Crippen LogP contribution in [0, 0.1) is 0 Å². The number of carbonyl (C=O) groups is 1. The number of carbonyl (C=O) groups excluding carboxylic acids is 1. The lowest BCUT2D eigenvalue weighted by Gasteiger charge is -2.10. The molecule has 110 valence electrons. The molecule has 7 heteroatoms. The highest BCUT2D eigenvalue weighted by atomic mass is 19.4. The van der Waals surface area contributed by atoms with E-state index in [9.17, 15) is 18.0 Å². The Morgan fingerprint density at radius 1 is 1.24 bits per heavy atom. The fourth-order valence-electron chi connectivity index (χ4n) is 1.69. The molecule has 1 amide bonds. The van der Waals surface area contributed by atoms with Gasteiger partial charge in [-0.2, -0.15) is 13.2 Å². The highest BCUT2D eigenvalue weighted by Crippen LogP contribution is 2.30. The fourth-order valence-corrected chi connectivity index (χ4v) is 1.69. The first kappa shape index (κ1) is 14.8. The van der Waals surface area contributed by atoms with Crippen LogP contribution in [0.15, 0.2) is 42.6 Å². The van der Waals surface area contributed by atoms with Crippen molar-refractivity contribution in [2.45, 2.75) is 6.18 Å². The molecule has 0 aliphatic heterocycles. The molecule has 0 radical (unpaired) electrons. The Bertz CT molecular complexity index is 657. The minimum atomic E-state index is -4.49. The van der Waals surface area contributed by atoms with Gasteiger partial charge in [-0.05, 0) is 24.3 Å². The minimum Gasteiger partial charge on any atom is -0.496 e. The molecule has 21 heavy (non-hydrogen) atoms. The first-order valence-corrected chi connectivity index (χ1v) is 5.89. The number of nitrogens with zero attached hydrogens (tertiary/aromatic N) is 1. The average molecular weight is 296 g/mol. The van der Waals surface area contributed by atoms with Gasteiger partial charge in [0.1, 0.15) is 11.6 Å². The highest BCUT2D eigenvalue weighted by Gasteiger charge is 2.30. The molecule has 0 saturated carbocycles. The fraction of sp³-hybridized carbons (Fsp3) is 0.143. The molecule has 0 fully saturated rings. The first-order valence-electron chi connectivity index (χ1n) is 5.89. The van der Waals surface area contributed by atoms with Crippen LogP contribution in [-0.4, -0.2) is 18.0 Å². The van der Waals surface area contributed by atoms with Gasteiger partial charge in [-0.25, -0.2) is 4.98 Å². The molecule has 0 unspecified atom stereocenters. The van der Waals surface area contributed by atoms with Crippen LogP contribution in [0.25, 0.3) is 0 Å². The molecule has 0 saturated heterocycles. The summed E-state index contributed by atoms with van der Waals surface area (Å²) in [4.78, 5) is 15.7. The lowest BCUT2D eigenvalue weighted by Crippen LogP contribution is -2.15. The van der Waals surface area contributed by atoms with Crippen LogP contribution in [0.3, 0.4) is 0 Å². The summed E-state index contributed by atoms with van der Waals surface area (Å²) in [6, 6.07) is 7.98. The first-order chi connectivity index (χ1) is 9.91. The van der Waals surface area contributed by atoms with Crippen LogP contribution in [0.2, 0.25) is 0 Å². The molecule has 0 aliphatic carbocycles. The van der Waals surface area contributed by atoms with Gasteiger partial charge in [-0.1, -0.05) is 12.1 Å². The molecule has 0 bridgehead atoms. The Morgan fingerprint density at radius 2 is 1.95 bits per heavy atom. The third-order valence-corrected chi connectivity index (χ3v) is 2.68. The van der Waals surface area contributed by atoms with E-state index in [0.717, 1.165) is 18.3 Å². The van der Waals surface area contributed by atoms with Crippen molar-refractivity contribution in [3.63, 3.8) is 0 Å². The van der Waals surface area contributed by atoms with Crippen molar-refractivity contribution >= 4 is 11.7 Å². The molecule has 0 atom stereocenters. The average Bonchev–Trinajstić information content (AvgIpc) is 2.46. The van der Waals surface area contributed by atoms with Crippen LogP contribution in [0.5, 0.6) is 5.75 Å². The van der Waals surface area contributed by atoms with Crippen LogP contribution in [-0.2, 0) is 6.18 Å². The number of para-hydroxylation sites is 1. The second kappa shape index (κ2) is 5.82. The van der Waals surface area contributed by atoms with Crippen LogP contribution in [0.1, 0.15) is 15.9 Å². The predicted octanol–water partition coefficient (Wildman–Crippen LogP) is 3.36. The molecule has 2 aromatic rings. The van der Waals surface area contributed by atoms with E-state index in [0.29, 0.717) is 5.75 Å². The number of methoxy groups -OCH3 is 1. The van der Waals surface area contributed by atoms with Crippen LogP contribution < -0.4 is 10.1 Å². The zero-order valence-electron chi connectivity index (χ0n) is 10.9. The molecule has 1 N–H and O–H groups in total. The topological polar surface area (TPSA) is 51.2 Å². The number of alkyl halides is 3. The molecular formula is C14H11F3N2O2. The number of pyridine rings is 1. The van der Waals surface area contributed by atoms with Crippen molar-refractivity contribution in [1.82, 2.24) is 4.98 Å². The van der Waals surface area contributed by atoms with Gasteiger partial charge in [0.15, 0.2) is 0 Å². The normalized spacial score (nSPS) is 11.0. The number of hydrogen-bond donors (Lipinski definition) is 1. The maximum atomic E-state index is 12.6. The van der Waals surface area contributed by atoms with Gasteiger partial charge in [-0.15, -0.1) is 0 Å². The van der Waals surface area contributed by atoms with Gasteiger partial charge in [0, 0.05) is 6.20 Å². The Kier molecular flexibility index (Phi) is 4.11. The number of rotatable bonds is 3. The lowest BCUT2D eigenvalue weighted by molar-refractivity contribution is -0.137. The summed E-state index contributed by atoms with van der Waals surface area (Å²) in [5, 5.41) is 2.32. The van der Waals surface area contributed by atoms with Crippen LogP contribution >= 0.6 is 0 Å². The number of benzene rings is 1. The third-order valence-electron chi connectivity index (χ3n) is 2.68. The SMILES string of the molecule is COc1ccccc1C(=O)Nc1cc(C(F)(F)F)ccn1. The van der Waals surface area contributed by atoms with E-state index in [-0.39, 0.29) is 11.4 Å². The molecule has 1 aromatic carbocycles. The maximum absolute atomic E-state index is 12.6. The number of halogens is 3. The number of nitrogens with one attached hydrogen (secondary N) is 1. The monoisotopic (exact) mass is 296 g/mol. The van der Waals surface area contributed by atoms with Crippen molar-refractivity contribution in [3.8, 4) is 5.75 Å². The second-order valence-corrected chi connectivity index (χ2v) is 4.08. The van der Waals surface area contributed by atoms with Gasteiger partial charge < -0.3 is 10.1 Å². The van der Waals surface area contributed by atoms with E-state index >= 15 is 0 Å². The zero-order chi connectivity index (χ0) is 15.5. The van der Waals surface area contributed by atoms with Gasteiger partial charge in [0.05, 0.1) is 18.2 Å². The summed E-state index contributed by atoms with van der Waals surface area (Å²) in [5.74, 6) is -0.456. The van der Waals surface area contributed by atoms with Gasteiger partial charge in [-0.3, -0.25) is 4.79 Å². The molecular weight excluding hydrogens is 285 g/mol. The van der Waals surface area contributed by atoms with E-state index in [1.165, 1.54) is 13.2 Å². The van der Waals surface area contributed by atoms with Gasteiger partial charge in [0.25, 0.3) is 5.91 Å². The number of amides is 1. The summed E-state index contributed by atoms with van der Waals surface area (Å²) < 4.78 is 42.8. The molecule has 2 rings (SSSR count). The van der Waals surface area contributed by atoms with E-state index in [2.05, 4.69) is 10.3 Å². The lowest BCUT2D eigenvalue weighted by atomic mass is 10.2. The Labute approximate surface area is 118 Å². The quantitative estimate of drug-likeness (QED) is 0.945. The highest BCUT2D eigenvalue weighted by molar-refractivity contribution is 6.05. The van der Waals surface area contributed by atoms with E-state index < -0.39 is 17.6 Å². The maximum Gasteiger partial charge on any atom is 0.416 e. The summed E-state index contributed by atoms with van der Waals surface area (Å²) >= 11 is 0. The number of anilines is 1. The molecule has 4 nitrogen and oxygen atoms in total. The van der Waals surface area contributed by atoms with E-state index in [4.69, 9.17) is 4.74 Å². The largest absolute Gasteiger partial charge is 0.496 e.